The minimum atomic E-state index is -0.0190. The Hall–Kier alpha value is -0.470. The monoisotopic (exact) mass is 280 g/mol. The van der Waals surface area contributed by atoms with Gasteiger partial charge in [0.2, 0.25) is 0 Å². The minimum Gasteiger partial charge on any atom is -0.396 e. The predicted octanol–water partition coefficient (Wildman–Crippen LogP) is 4.59. The fraction of sp³-hybridized carbons (Fsp3) is 0.647. The second kappa shape index (κ2) is 6.32. The second-order valence-electron chi connectivity index (χ2n) is 6.27. The van der Waals surface area contributed by atoms with Crippen LogP contribution in [0.15, 0.2) is 4.90 Å². The van der Waals surface area contributed by atoms with Crippen molar-refractivity contribution >= 4 is 11.8 Å². The largest absolute Gasteiger partial charge is 0.396 e. The molecule has 0 aliphatic heterocycles. The van der Waals surface area contributed by atoms with E-state index in [0.29, 0.717) is 0 Å². The van der Waals surface area contributed by atoms with Crippen LogP contribution >= 0.6 is 11.8 Å². The summed E-state index contributed by atoms with van der Waals surface area (Å²) in [6, 6.07) is 0. The summed E-state index contributed by atoms with van der Waals surface area (Å²) in [6.07, 6.45) is 1.08. The number of rotatable bonds is 5. The number of hydrogen-bond donors (Lipinski definition) is 1. The Morgan fingerprint density at radius 3 is 1.95 bits per heavy atom. The summed E-state index contributed by atoms with van der Waals surface area (Å²) < 4.78 is 0. The van der Waals surface area contributed by atoms with Crippen molar-refractivity contribution < 1.29 is 5.11 Å². The van der Waals surface area contributed by atoms with E-state index in [4.69, 9.17) is 0 Å². The average molecular weight is 280 g/mol. The molecule has 1 rings (SSSR count). The molecular formula is C17H28OS. The molecular weight excluding hydrogens is 252 g/mol. The van der Waals surface area contributed by atoms with Crippen LogP contribution in [-0.2, 0) is 6.42 Å². The maximum Gasteiger partial charge on any atom is 0.0490 e. The molecule has 1 nitrogen and oxygen atoms in total. The minimum absolute atomic E-state index is 0.0190. The standard InChI is InChI=1S/C17H28OS/c1-8-15-13(4)11(2)12(3)14(5)16(15)19-10-17(6,7)9-18/h18H,8-10H2,1-7H3. The van der Waals surface area contributed by atoms with Gasteiger partial charge in [0, 0.05) is 17.3 Å². The van der Waals surface area contributed by atoms with Crippen LogP contribution in [0.4, 0.5) is 0 Å². The van der Waals surface area contributed by atoms with Gasteiger partial charge in [0.05, 0.1) is 0 Å². The molecule has 0 spiro atoms. The fourth-order valence-electron chi connectivity index (χ4n) is 2.29. The van der Waals surface area contributed by atoms with Crippen LogP contribution in [0.5, 0.6) is 0 Å². The van der Waals surface area contributed by atoms with Gasteiger partial charge in [-0.1, -0.05) is 20.8 Å². The van der Waals surface area contributed by atoms with Crippen molar-refractivity contribution in [3.8, 4) is 0 Å². The lowest BCUT2D eigenvalue weighted by atomic mass is 9.93. The summed E-state index contributed by atoms with van der Waals surface area (Å²) in [5, 5.41) is 9.41. The van der Waals surface area contributed by atoms with Crippen LogP contribution < -0.4 is 0 Å². The van der Waals surface area contributed by atoms with Gasteiger partial charge < -0.3 is 5.11 Å². The molecule has 0 bridgehead atoms. The van der Waals surface area contributed by atoms with Crippen molar-refractivity contribution in [3.05, 3.63) is 27.8 Å². The van der Waals surface area contributed by atoms with Gasteiger partial charge >= 0.3 is 0 Å². The molecule has 0 radical (unpaired) electrons. The summed E-state index contributed by atoms with van der Waals surface area (Å²) in [7, 11) is 0. The smallest absolute Gasteiger partial charge is 0.0490 e. The highest BCUT2D eigenvalue weighted by Gasteiger charge is 2.20. The van der Waals surface area contributed by atoms with Gasteiger partial charge in [-0.3, -0.25) is 0 Å². The first-order valence-electron chi connectivity index (χ1n) is 7.08. The summed E-state index contributed by atoms with van der Waals surface area (Å²) >= 11 is 1.91. The van der Waals surface area contributed by atoms with Crippen LogP contribution in [-0.4, -0.2) is 17.5 Å². The topological polar surface area (TPSA) is 20.2 Å². The fourth-order valence-corrected chi connectivity index (χ4v) is 3.76. The lowest BCUT2D eigenvalue weighted by Gasteiger charge is -2.24. The molecule has 19 heavy (non-hydrogen) atoms. The van der Waals surface area contributed by atoms with Gasteiger partial charge in [0.25, 0.3) is 0 Å². The zero-order valence-electron chi connectivity index (χ0n) is 13.5. The van der Waals surface area contributed by atoms with E-state index in [9.17, 15) is 5.11 Å². The Morgan fingerprint density at radius 1 is 0.947 bits per heavy atom. The van der Waals surface area contributed by atoms with Crippen molar-refractivity contribution in [2.24, 2.45) is 5.41 Å². The highest BCUT2D eigenvalue weighted by atomic mass is 32.2. The molecule has 2 heteroatoms. The molecule has 1 N–H and O–H groups in total. The van der Waals surface area contributed by atoms with Gasteiger partial charge in [0.1, 0.15) is 0 Å². The molecule has 0 atom stereocenters. The third-order valence-electron chi connectivity index (χ3n) is 4.14. The third-order valence-corrected chi connectivity index (χ3v) is 5.91. The van der Waals surface area contributed by atoms with Crippen molar-refractivity contribution in [1.82, 2.24) is 0 Å². The molecule has 1 aromatic rings. The van der Waals surface area contributed by atoms with Crippen LogP contribution in [0, 0.1) is 33.1 Å². The lowest BCUT2D eigenvalue weighted by molar-refractivity contribution is 0.180. The highest BCUT2D eigenvalue weighted by Crippen LogP contribution is 2.37. The summed E-state index contributed by atoms with van der Waals surface area (Å²) in [4.78, 5) is 1.43. The van der Waals surface area contributed by atoms with Crippen molar-refractivity contribution in [3.63, 3.8) is 0 Å². The Labute approximate surface area is 122 Å². The van der Waals surface area contributed by atoms with Gasteiger partial charge in [0.15, 0.2) is 0 Å². The number of benzene rings is 1. The molecule has 0 unspecified atom stereocenters. The van der Waals surface area contributed by atoms with E-state index >= 15 is 0 Å². The molecule has 0 heterocycles. The van der Waals surface area contributed by atoms with Crippen LogP contribution in [0.25, 0.3) is 0 Å². The summed E-state index contributed by atoms with van der Waals surface area (Å²) in [5.41, 5.74) is 7.17. The maximum absolute atomic E-state index is 9.41. The van der Waals surface area contributed by atoms with E-state index in [2.05, 4.69) is 48.5 Å². The van der Waals surface area contributed by atoms with Crippen LogP contribution in [0.2, 0.25) is 0 Å². The van der Waals surface area contributed by atoms with Crippen molar-refractivity contribution in [2.75, 3.05) is 12.4 Å². The molecule has 0 aromatic heterocycles. The van der Waals surface area contributed by atoms with Crippen molar-refractivity contribution in [2.45, 2.75) is 59.8 Å². The number of aliphatic hydroxyl groups excluding tert-OH is 1. The molecule has 0 fully saturated rings. The first-order chi connectivity index (χ1) is 8.75. The molecule has 0 saturated heterocycles. The van der Waals surface area contributed by atoms with E-state index < -0.39 is 0 Å². The SMILES string of the molecule is CCc1c(C)c(C)c(C)c(C)c1SCC(C)(C)CO. The Kier molecular flexibility index (Phi) is 5.52. The van der Waals surface area contributed by atoms with E-state index in [-0.39, 0.29) is 12.0 Å². The normalized spacial score (nSPS) is 12.0. The average Bonchev–Trinajstić information content (AvgIpc) is 2.39. The van der Waals surface area contributed by atoms with Gasteiger partial charge in [-0.15, -0.1) is 11.8 Å². The molecule has 0 saturated carbocycles. The zero-order chi connectivity index (χ0) is 14.8. The number of aliphatic hydroxyl groups is 1. The molecule has 1 aromatic carbocycles. The molecule has 0 aliphatic rings. The van der Waals surface area contributed by atoms with Crippen molar-refractivity contribution in [1.29, 1.82) is 0 Å². The Bertz CT molecular complexity index is 461. The predicted molar refractivity (Wildman–Crippen MR) is 86.4 cm³/mol. The third kappa shape index (κ3) is 3.55. The highest BCUT2D eigenvalue weighted by molar-refractivity contribution is 7.99. The van der Waals surface area contributed by atoms with Crippen LogP contribution in [0.1, 0.15) is 48.6 Å². The summed E-state index contributed by atoms with van der Waals surface area (Å²) in [6.45, 7) is 15.6. The molecule has 108 valence electrons. The Morgan fingerprint density at radius 2 is 1.47 bits per heavy atom. The first-order valence-corrected chi connectivity index (χ1v) is 8.06. The van der Waals surface area contributed by atoms with E-state index in [1.165, 1.54) is 32.7 Å². The Balaban J connectivity index is 3.20. The quantitative estimate of drug-likeness (QED) is 0.796. The number of thioether (sulfide) groups is 1. The van der Waals surface area contributed by atoms with E-state index in [1.54, 1.807) is 0 Å². The first kappa shape index (κ1) is 16.6. The number of hydrogen-bond acceptors (Lipinski definition) is 2. The van der Waals surface area contributed by atoms with E-state index in [1.807, 2.05) is 11.8 Å². The molecule has 0 amide bonds. The molecule has 0 aliphatic carbocycles. The van der Waals surface area contributed by atoms with E-state index in [0.717, 1.165) is 12.2 Å². The van der Waals surface area contributed by atoms with Gasteiger partial charge in [-0.05, 0) is 67.3 Å². The van der Waals surface area contributed by atoms with Gasteiger partial charge in [-0.2, -0.15) is 0 Å². The van der Waals surface area contributed by atoms with Gasteiger partial charge in [-0.25, -0.2) is 0 Å². The summed E-state index contributed by atoms with van der Waals surface area (Å²) in [5.74, 6) is 0.958. The zero-order valence-corrected chi connectivity index (χ0v) is 14.3. The second-order valence-corrected chi connectivity index (χ2v) is 7.26. The van der Waals surface area contributed by atoms with Crippen LogP contribution in [0.3, 0.4) is 0 Å². The lowest BCUT2D eigenvalue weighted by Crippen LogP contribution is -2.19. The maximum atomic E-state index is 9.41.